The molecule has 2 rings (SSSR count). The predicted octanol–water partition coefficient (Wildman–Crippen LogP) is 1.89. The molecule has 1 saturated heterocycles. The molecule has 88 valence electrons. The first kappa shape index (κ1) is 11.8. The molecule has 0 aliphatic carbocycles. The summed E-state index contributed by atoms with van der Waals surface area (Å²) in [6, 6.07) is 0. The Balaban J connectivity index is 1.94. The minimum atomic E-state index is -0.0346. The molecule has 0 saturated carbocycles. The third-order valence-corrected chi connectivity index (χ3v) is 4.14. The summed E-state index contributed by atoms with van der Waals surface area (Å²) < 4.78 is 0. The number of hydrogen-bond acceptors (Lipinski definition) is 4. The van der Waals surface area contributed by atoms with E-state index in [9.17, 15) is 0 Å². The van der Waals surface area contributed by atoms with Crippen LogP contribution in [0, 0.1) is 0 Å². The van der Waals surface area contributed by atoms with E-state index < -0.39 is 0 Å². The molecule has 0 bridgehead atoms. The highest BCUT2D eigenvalue weighted by molar-refractivity contribution is 7.09. The molecule has 1 aliphatic rings. The maximum Gasteiger partial charge on any atom is 0.112 e. The molecule has 3 nitrogen and oxygen atoms in total. The number of thiazole rings is 1. The van der Waals surface area contributed by atoms with Crippen molar-refractivity contribution in [3.05, 3.63) is 27.7 Å². The van der Waals surface area contributed by atoms with E-state index in [1.165, 1.54) is 5.57 Å². The molecule has 0 unspecified atom stereocenters. The van der Waals surface area contributed by atoms with E-state index in [0.29, 0.717) is 0 Å². The Kier molecular flexibility index (Phi) is 3.42. The van der Waals surface area contributed by atoms with Crippen LogP contribution in [0.4, 0.5) is 0 Å². The Labute approximate surface area is 101 Å². The quantitative estimate of drug-likeness (QED) is 0.785. The van der Waals surface area contributed by atoms with Gasteiger partial charge in [0.1, 0.15) is 5.01 Å². The number of hydrogen-bond donors (Lipinski definition) is 2. The summed E-state index contributed by atoms with van der Waals surface area (Å²) in [5, 5.41) is 10.0. The highest BCUT2D eigenvalue weighted by Gasteiger charge is 2.23. The number of aromatic nitrogens is 1. The molecule has 0 spiro atoms. The van der Waals surface area contributed by atoms with Gasteiger partial charge in [0.05, 0.1) is 5.54 Å². The molecule has 1 fully saturated rings. The number of nitrogens with one attached hydrogen (secondary N) is 2. The molecular formula is C12H19N3S. The van der Waals surface area contributed by atoms with E-state index in [0.717, 1.165) is 24.6 Å². The summed E-state index contributed by atoms with van der Waals surface area (Å²) >= 11 is 1.71. The van der Waals surface area contributed by atoms with Crippen molar-refractivity contribution in [2.75, 3.05) is 19.6 Å². The van der Waals surface area contributed by atoms with Crippen LogP contribution >= 0.6 is 11.3 Å². The third-order valence-electron chi connectivity index (χ3n) is 3.04. The average Bonchev–Trinajstić information content (AvgIpc) is 2.65. The first-order chi connectivity index (χ1) is 7.59. The average molecular weight is 237 g/mol. The topological polar surface area (TPSA) is 37.0 Å². The lowest BCUT2D eigenvalue weighted by atomic mass is 10.0. The Bertz CT molecular complexity index is 373. The molecule has 0 radical (unpaired) electrons. The summed E-state index contributed by atoms with van der Waals surface area (Å²) in [5.41, 5.74) is 2.97. The Hall–Kier alpha value is -0.710. The van der Waals surface area contributed by atoms with Gasteiger partial charge in [0.25, 0.3) is 0 Å². The standard InChI is InChI=1S/C12H19N3S/c1-9(10-7-13-8-10)6-15-12(2,3)11-14-4-5-16-11/h4-5,13,15H,6-8H2,1-3H3. The maximum absolute atomic E-state index is 4.37. The van der Waals surface area contributed by atoms with Gasteiger partial charge < -0.3 is 10.6 Å². The van der Waals surface area contributed by atoms with Crippen molar-refractivity contribution in [1.82, 2.24) is 15.6 Å². The molecule has 4 heteroatoms. The van der Waals surface area contributed by atoms with E-state index in [4.69, 9.17) is 0 Å². The van der Waals surface area contributed by atoms with Gasteiger partial charge in [0.2, 0.25) is 0 Å². The Morgan fingerprint density at radius 3 is 2.81 bits per heavy atom. The summed E-state index contributed by atoms with van der Waals surface area (Å²) in [7, 11) is 0. The van der Waals surface area contributed by atoms with Crippen molar-refractivity contribution < 1.29 is 0 Å². The van der Waals surface area contributed by atoms with Gasteiger partial charge >= 0.3 is 0 Å². The Morgan fingerprint density at radius 1 is 1.56 bits per heavy atom. The van der Waals surface area contributed by atoms with Crippen molar-refractivity contribution in [2.24, 2.45) is 0 Å². The van der Waals surface area contributed by atoms with Gasteiger partial charge in [0.15, 0.2) is 0 Å². The normalized spacial score (nSPS) is 16.1. The van der Waals surface area contributed by atoms with Crippen LogP contribution in [0.15, 0.2) is 22.7 Å². The summed E-state index contributed by atoms with van der Waals surface area (Å²) in [4.78, 5) is 4.37. The van der Waals surface area contributed by atoms with Crippen molar-refractivity contribution >= 4 is 11.3 Å². The Morgan fingerprint density at radius 2 is 2.31 bits per heavy atom. The van der Waals surface area contributed by atoms with E-state index >= 15 is 0 Å². The highest BCUT2D eigenvalue weighted by Crippen LogP contribution is 2.22. The van der Waals surface area contributed by atoms with Crippen LogP contribution in [0.2, 0.25) is 0 Å². The third kappa shape index (κ3) is 2.51. The first-order valence-corrected chi connectivity index (χ1v) is 6.51. The molecule has 0 atom stereocenters. The van der Waals surface area contributed by atoms with Crippen molar-refractivity contribution in [1.29, 1.82) is 0 Å². The molecular weight excluding hydrogens is 218 g/mol. The fraction of sp³-hybridized carbons (Fsp3) is 0.583. The van der Waals surface area contributed by atoms with Gasteiger partial charge in [-0.15, -0.1) is 11.3 Å². The lowest BCUT2D eigenvalue weighted by Crippen LogP contribution is -2.40. The van der Waals surface area contributed by atoms with E-state index in [1.807, 2.05) is 11.6 Å². The zero-order valence-electron chi connectivity index (χ0n) is 10.1. The second kappa shape index (κ2) is 4.65. The summed E-state index contributed by atoms with van der Waals surface area (Å²) in [6.45, 7) is 9.65. The fourth-order valence-electron chi connectivity index (χ4n) is 1.64. The second-order valence-electron chi connectivity index (χ2n) is 4.80. The van der Waals surface area contributed by atoms with Crippen LogP contribution in [-0.4, -0.2) is 24.6 Å². The fourth-order valence-corrected chi connectivity index (χ4v) is 2.38. The highest BCUT2D eigenvalue weighted by atomic mass is 32.1. The van der Waals surface area contributed by atoms with E-state index in [1.54, 1.807) is 16.9 Å². The first-order valence-electron chi connectivity index (χ1n) is 5.63. The van der Waals surface area contributed by atoms with Crippen molar-refractivity contribution in [2.45, 2.75) is 26.3 Å². The van der Waals surface area contributed by atoms with Crippen LogP contribution in [-0.2, 0) is 5.54 Å². The molecule has 1 aliphatic heterocycles. The zero-order chi connectivity index (χ0) is 11.6. The largest absolute Gasteiger partial charge is 0.309 e. The molecule has 0 aromatic carbocycles. The van der Waals surface area contributed by atoms with Gasteiger partial charge in [0, 0.05) is 31.2 Å². The monoisotopic (exact) mass is 237 g/mol. The SMILES string of the molecule is CC(CNC(C)(C)c1nccs1)=C1CNC1. The molecule has 1 aromatic heterocycles. The second-order valence-corrected chi connectivity index (χ2v) is 5.70. The lowest BCUT2D eigenvalue weighted by molar-refractivity contribution is 0.416. The van der Waals surface area contributed by atoms with E-state index in [-0.39, 0.29) is 5.54 Å². The molecule has 1 aromatic rings. The lowest BCUT2D eigenvalue weighted by Gasteiger charge is -2.27. The molecule has 16 heavy (non-hydrogen) atoms. The summed E-state index contributed by atoms with van der Waals surface area (Å²) in [5.74, 6) is 0. The van der Waals surface area contributed by atoms with Crippen LogP contribution in [0.1, 0.15) is 25.8 Å². The van der Waals surface area contributed by atoms with Gasteiger partial charge in [-0.05, 0) is 26.3 Å². The van der Waals surface area contributed by atoms with Crippen molar-refractivity contribution in [3.8, 4) is 0 Å². The minimum absolute atomic E-state index is 0.0346. The van der Waals surface area contributed by atoms with Crippen LogP contribution in [0.5, 0.6) is 0 Å². The van der Waals surface area contributed by atoms with Gasteiger partial charge in [-0.1, -0.05) is 5.57 Å². The molecule has 2 heterocycles. The summed E-state index contributed by atoms with van der Waals surface area (Å²) in [6.07, 6.45) is 1.87. The van der Waals surface area contributed by atoms with Gasteiger partial charge in [-0.3, -0.25) is 0 Å². The zero-order valence-corrected chi connectivity index (χ0v) is 10.9. The van der Waals surface area contributed by atoms with Crippen molar-refractivity contribution in [3.63, 3.8) is 0 Å². The van der Waals surface area contributed by atoms with Crippen LogP contribution in [0.3, 0.4) is 0 Å². The van der Waals surface area contributed by atoms with Crippen LogP contribution in [0.25, 0.3) is 0 Å². The van der Waals surface area contributed by atoms with E-state index in [2.05, 4.69) is 36.4 Å². The number of nitrogens with zero attached hydrogens (tertiary/aromatic N) is 1. The maximum atomic E-state index is 4.37. The van der Waals surface area contributed by atoms with Gasteiger partial charge in [-0.25, -0.2) is 4.98 Å². The number of rotatable bonds is 4. The molecule has 2 N–H and O–H groups in total. The van der Waals surface area contributed by atoms with Crippen LogP contribution < -0.4 is 10.6 Å². The smallest absolute Gasteiger partial charge is 0.112 e. The molecule has 0 amide bonds. The van der Waals surface area contributed by atoms with Gasteiger partial charge in [-0.2, -0.15) is 0 Å². The predicted molar refractivity (Wildman–Crippen MR) is 68.7 cm³/mol. The minimum Gasteiger partial charge on any atom is -0.309 e.